The molecule has 1 heterocycles. The van der Waals surface area contributed by atoms with E-state index in [1.165, 1.54) is 6.20 Å². The molecule has 4 heteroatoms. The third-order valence-electron chi connectivity index (χ3n) is 2.82. The van der Waals surface area contributed by atoms with E-state index in [1.54, 1.807) is 12.1 Å². The minimum Gasteiger partial charge on any atom is -0.322 e. The maximum Gasteiger partial charge on any atom is 0.257 e. The lowest BCUT2D eigenvalue weighted by Gasteiger charge is -2.13. The van der Waals surface area contributed by atoms with E-state index in [4.69, 9.17) is 11.6 Å². The van der Waals surface area contributed by atoms with Crippen molar-refractivity contribution in [3.8, 4) is 0 Å². The number of amides is 1. The third-order valence-corrected chi connectivity index (χ3v) is 3.04. The summed E-state index contributed by atoms with van der Waals surface area (Å²) in [5.74, 6) is 0.164. The number of pyridine rings is 1. The van der Waals surface area contributed by atoms with Gasteiger partial charge in [-0.25, -0.2) is 4.98 Å². The number of nitrogens with zero attached hydrogens (tertiary/aromatic N) is 1. The van der Waals surface area contributed by atoms with Gasteiger partial charge in [-0.15, -0.1) is 0 Å². The standard InChI is InChI=1S/C15H15ClN2O/c1-10(2)12-5-3-4-6-13(12)18-15(19)11-7-8-14(16)17-9-11/h3-10H,1-2H3,(H,18,19). The molecule has 2 rings (SSSR count). The van der Waals surface area contributed by atoms with Gasteiger partial charge in [0.2, 0.25) is 0 Å². The second kappa shape index (κ2) is 5.85. The average molecular weight is 275 g/mol. The summed E-state index contributed by atoms with van der Waals surface area (Å²) in [5.41, 5.74) is 2.43. The lowest BCUT2D eigenvalue weighted by molar-refractivity contribution is 0.102. The summed E-state index contributed by atoms with van der Waals surface area (Å²) in [6.07, 6.45) is 1.47. The van der Waals surface area contributed by atoms with Crippen LogP contribution in [-0.2, 0) is 0 Å². The summed E-state index contributed by atoms with van der Waals surface area (Å²) in [5, 5.41) is 3.28. The molecule has 1 amide bonds. The van der Waals surface area contributed by atoms with Gasteiger partial charge in [0.15, 0.2) is 0 Å². The minimum atomic E-state index is -0.183. The van der Waals surface area contributed by atoms with Gasteiger partial charge in [0.1, 0.15) is 5.15 Å². The fraction of sp³-hybridized carbons (Fsp3) is 0.200. The molecule has 98 valence electrons. The maximum atomic E-state index is 12.1. The first-order chi connectivity index (χ1) is 9.08. The summed E-state index contributed by atoms with van der Waals surface area (Å²) < 4.78 is 0. The maximum absolute atomic E-state index is 12.1. The van der Waals surface area contributed by atoms with Crippen LogP contribution < -0.4 is 5.32 Å². The third kappa shape index (κ3) is 3.32. The summed E-state index contributed by atoms with van der Waals surface area (Å²) in [6.45, 7) is 4.18. The number of anilines is 1. The van der Waals surface area contributed by atoms with E-state index in [-0.39, 0.29) is 5.91 Å². The van der Waals surface area contributed by atoms with E-state index < -0.39 is 0 Å². The molecule has 0 saturated carbocycles. The molecule has 0 bridgehead atoms. The predicted octanol–water partition coefficient (Wildman–Crippen LogP) is 4.11. The van der Waals surface area contributed by atoms with Gasteiger partial charge in [0.05, 0.1) is 5.56 Å². The van der Waals surface area contributed by atoms with Crippen molar-refractivity contribution in [1.29, 1.82) is 0 Å². The number of carbonyl (C=O) groups is 1. The summed E-state index contributed by atoms with van der Waals surface area (Å²) in [4.78, 5) is 16.0. The number of hydrogen-bond donors (Lipinski definition) is 1. The van der Waals surface area contributed by atoms with Crippen molar-refractivity contribution in [2.45, 2.75) is 19.8 Å². The molecule has 0 aliphatic rings. The van der Waals surface area contributed by atoms with Crippen molar-refractivity contribution in [3.05, 3.63) is 58.9 Å². The Labute approximate surface area is 117 Å². The highest BCUT2D eigenvalue weighted by Crippen LogP contribution is 2.24. The Bertz CT molecular complexity index is 579. The lowest BCUT2D eigenvalue weighted by Crippen LogP contribution is -2.13. The second-order valence-electron chi connectivity index (χ2n) is 4.57. The van der Waals surface area contributed by atoms with Gasteiger partial charge in [-0.2, -0.15) is 0 Å². The van der Waals surface area contributed by atoms with Crippen LogP contribution in [0.4, 0.5) is 5.69 Å². The molecule has 0 radical (unpaired) electrons. The first kappa shape index (κ1) is 13.6. The van der Waals surface area contributed by atoms with Gasteiger partial charge in [0, 0.05) is 11.9 Å². The fourth-order valence-corrected chi connectivity index (χ4v) is 1.93. The van der Waals surface area contributed by atoms with Crippen molar-refractivity contribution in [2.75, 3.05) is 5.32 Å². The molecule has 19 heavy (non-hydrogen) atoms. The summed E-state index contributed by atoms with van der Waals surface area (Å²) in [6, 6.07) is 11.0. The van der Waals surface area contributed by atoms with Gasteiger partial charge in [-0.1, -0.05) is 43.6 Å². The molecule has 0 spiro atoms. The van der Waals surface area contributed by atoms with Gasteiger partial charge < -0.3 is 5.32 Å². The number of rotatable bonds is 3. The first-order valence-electron chi connectivity index (χ1n) is 6.09. The Hall–Kier alpha value is -1.87. The minimum absolute atomic E-state index is 0.183. The number of hydrogen-bond acceptors (Lipinski definition) is 2. The molecule has 0 saturated heterocycles. The predicted molar refractivity (Wildman–Crippen MR) is 77.7 cm³/mol. The zero-order valence-electron chi connectivity index (χ0n) is 10.9. The van der Waals surface area contributed by atoms with Gasteiger partial charge >= 0.3 is 0 Å². The zero-order valence-corrected chi connectivity index (χ0v) is 11.6. The first-order valence-corrected chi connectivity index (χ1v) is 6.47. The highest BCUT2D eigenvalue weighted by molar-refractivity contribution is 6.29. The molecule has 0 fully saturated rings. The summed E-state index contributed by atoms with van der Waals surface area (Å²) >= 11 is 5.70. The Kier molecular flexibility index (Phi) is 4.17. The van der Waals surface area contributed by atoms with Crippen LogP contribution in [0.2, 0.25) is 5.15 Å². The Morgan fingerprint density at radius 1 is 1.21 bits per heavy atom. The Morgan fingerprint density at radius 2 is 1.95 bits per heavy atom. The molecule has 1 N–H and O–H groups in total. The largest absolute Gasteiger partial charge is 0.322 e. The molecule has 0 unspecified atom stereocenters. The molecule has 1 aromatic heterocycles. The molecular weight excluding hydrogens is 260 g/mol. The normalized spacial score (nSPS) is 10.5. The van der Waals surface area contributed by atoms with E-state index in [1.807, 2.05) is 24.3 Å². The Balaban J connectivity index is 2.22. The molecule has 0 atom stereocenters. The van der Waals surface area contributed by atoms with Crippen molar-refractivity contribution in [1.82, 2.24) is 4.98 Å². The topological polar surface area (TPSA) is 42.0 Å². The lowest BCUT2D eigenvalue weighted by atomic mass is 10.0. The Morgan fingerprint density at radius 3 is 2.58 bits per heavy atom. The van der Waals surface area contributed by atoms with Crippen molar-refractivity contribution in [3.63, 3.8) is 0 Å². The number of nitrogens with one attached hydrogen (secondary N) is 1. The molecule has 3 nitrogen and oxygen atoms in total. The van der Waals surface area contributed by atoms with Gasteiger partial charge in [-0.05, 0) is 29.7 Å². The van der Waals surface area contributed by atoms with Crippen molar-refractivity contribution in [2.24, 2.45) is 0 Å². The van der Waals surface area contributed by atoms with Crippen molar-refractivity contribution >= 4 is 23.2 Å². The zero-order chi connectivity index (χ0) is 13.8. The van der Waals surface area contributed by atoms with E-state index in [0.29, 0.717) is 16.6 Å². The van der Waals surface area contributed by atoms with Crippen LogP contribution in [0.1, 0.15) is 35.7 Å². The van der Waals surface area contributed by atoms with E-state index >= 15 is 0 Å². The molecule has 1 aromatic carbocycles. The second-order valence-corrected chi connectivity index (χ2v) is 4.95. The quantitative estimate of drug-likeness (QED) is 0.856. The van der Waals surface area contributed by atoms with Gasteiger partial charge in [0.25, 0.3) is 5.91 Å². The molecule has 0 aliphatic carbocycles. The van der Waals surface area contributed by atoms with E-state index in [9.17, 15) is 4.79 Å². The smallest absolute Gasteiger partial charge is 0.257 e. The number of halogens is 1. The number of carbonyl (C=O) groups excluding carboxylic acids is 1. The van der Waals surface area contributed by atoms with Crippen LogP contribution in [0.3, 0.4) is 0 Å². The molecule has 0 aliphatic heterocycles. The number of para-hydroxylation sites is 1. The fourth-order valence-electron chi connectivity index (χ4n) is 1.82. The van der Waals surface area contributed by atoms with Crippen LogP contribution in [0.5, 0.6) is 0 Å². The van der Waals surface area contributed by atoms with Crippen LogP contribution in [0, 0.1) is 0 Å². The van der Waals surface area contributed by atoms with E-state index in [0.717, 1.165) is 11.3 Å². The SMILES string of the molecule is CC(C)c1ccccc1NC(=O)c1ccc(Cl)nc1. The number of aromatic nitrogens is 1. The number of benzene rings is 1. The molecule has 2 aromatic rings. The highest BCUT2D eigenvalue weighted by atomic mass is 35.5. The van der Waals surface area contributed by atoms with Crippen LogP contribution in [0.25, 0.3) is 0 Å². The van der Waals surface area contributed by atoms with E-state index in [2.05, 4.69) is 24.1 Å². The van der Waals surface area contributed by atoms with Crippen LogP contribution in [-0.4, -0.2) is 10.9 Å². The van der Waals surface area contributed by atoms with Crippen LogP contribution >= 0.6 is 11.6 Å². The molecular formula is C15H15ClN2O. The monoisotopic (exact) mass is 274 g/mol. The summed E-state index contributed by atoms with van der Waals surface area (Å²) in [7, 11) is 0. The van der Waals surface area contributed by atoms with Crippen molar-refractivity contribution < 1.29 is 4.79 Å². The van der Waals surface area contributed by atoms with Gasteiger partial charge in [-0.3, -0.25) is 4.79 Å². The van der Waals surface area contributed by atoms with Crippen LogP contribution in [0.15, 0.2) is 42.6 Å². The highest BCUT2D eigenvalue weighted by Gasteiger charge is 2.10. The average Bonchev–Trinajstić information content (AvgIpc) is 2.39.